The lowest BCUT2D eigenvalue weighted by Gasteiger charge is -2.13. The summed E-state index contributed by atoms with van der Waals surface area (Å²) in [6, 6.07) is 3.94. The zero-order valence-electron chi connectivity index (χ0n) is 9.21. The van der Waals surface area contributed by atoms with Gasteiger partial charge in [-0.15, -0.1) is 0 Å². The number of carboxylic acids is 1. The fraction of sp³-hybridized carbons (Fsp3) is 0.300. The van der Waals surface area contributed by atoms with Gasteiger partial charge in [0.15, 0.2) is 0 Å². The van der Waals surface area contributed by atoms with Crippen LogP contribution in [0.25, 0.3) is 0 Å². The Morgan fingerprint density at radius 2 is 1.89 bits per heavy atom. The Hall–Kier alpha value is -1.15. The summed E-state index contributed by atoms with van der Waals surface area (Å²) in [7, 11) is -3.94. The molecule has 0 aliphatic heterocycles. The third-order valence-corrected chi connectivity index (χ3v) is 3.88. The van der Waals surface area contributed by atoms with E-state index in [1.54, 1.807) is 0 Å². The number of benzene rings is 1. The number of aliphatic hydroxyl groups is 1. The zero-order chi connectivity index (χ0) is 13.8. The molecule has 1 rings (SSSR count). The molecule has 0 radical (unpaired) electrons. The van der Waals surface area contributed by atoms with Gasteiger partial charge in [-0.05, 0) is 30.7 Å². The Kier molecular flexibility index (Phi) is 5.09. The van der Waals surface area contributed by atoms with Crippen LogP contribution in [-0.4, -0.2) is 37.2 Å². The number of aliphatic hydroxyl groups excluding tert-OH is 1. The van der Waals surface area contributed by atoms with E-state index in [2.05, 4.69) is 0 Å². The number of hydrogen-bond acceptors (Lipinski definition) is 4. The van der Waals surface area contributed by atoms with E-state index in [0.29, 0.717) is 5.02 Å². The molecular formula is C10H12ClNO5S. The smallest absolute Gasteiger partial charge is 0.321 e. The Morgan fingerprint density at radius 1 is 1.33 bits per heavy atom. The molecule has 1 atom stereocenters. The Morgan fingerprint density at radius 3 is 2.33 bits per heavy atom. The third-order valence-electron chi connectivity index (χ3n) is 2.14. The maximum absolute atomic E-state index is 11.8. The molecule has 0 amide bonds. The summed E-state index contributed by atoms with van der Waals surface area (Å²) in [5.41, 5.74) is 0. The Labute approximate surface area is 109 Å². The molecule has 18 heavy (non-hydrogen) atoms. The van der Waals surface area contributed by atoms with Crippen LogP contribution in [-0.2, 0) is 14.8 Å². The molecule has 0 aliphatic carbocycles. The summed E-state index contributed by atoms with van der Waals surface area (Å²) in [4.78, 5) is 10.7. The molecule has 1 aromatic carbocycles. The molecule has 6 nitrogen and oxygen atoms in total. The van der Waals surface area contributed by atoms with E-state index in [9.17, 15) is 13.2 Å². The monoisotopic (exact) mass is 293 g/mol. The minimum atomic E-state index is -3.94. The molecule has 0 aromatic heterocycles. The lowest BCUT2D eigenvalue weighted by molar-refractivity contribution is -0.139. The van der Waals surface area contributed by atoms with Crippen LogP contribution in [0.1, 0.15) is 6.42 Å². The predicted octanol–water partition coefficient (Wildman–Crippen LogP) is 0.454. The highest BCUT2D eigenvalue weighted by atomic mass is 35.5. The average molecular weight is 294 g/mol. The SMILES string of the molecule is O=C(O)[C@H](CCO)NS(=O)(=O)c1ccc(Cl)cc1. The zero-order valence-corrected chi connectivity index (χ0v) is 10.8. The van der Waals surface area contributed by atoms with Crippen LogP contribution in [0.3, 0.4) is 0 Å². The van der Waals surface area contributed by atoms with Crippen LogP contribution in [0.2, 0.25) is 5.02 Å². The highest BCUT2D eigenvalue weighted by molar-refractivity contribution is 7.89. The molecule has 0 spiro atoms. The van der Waals surface area contributed by atoms with Gasteiger partial charge in [0.1, 0.15) is 6.04 Å². The van der Waals surface area contributed by atoms with Crippen molar-refractivity contribution in [2.24, 2.45) is 0 Å². The Bertz CT molecular complexity index is 514. The van der Waals surface area contributed by atoms with Crippen molar-refractivity contribution in [3.63, 3.8) is 0 Å². The van der Waals surface area contributed by atoms with E-state index in [4.69, 9.17) is 21.8 Å². The van der Waals surface area contributed by atoms with E-state index >= 15 is 0 Å². The number of nitrogens with one attached hydrogen (secondary N) is 1. The summed E-state index contributed by atoms with van der Waals surface area (Å²) in [5, 5.41) is 17.8. The maximum Gasteiger partial charge on any atom is 0.321 e. The van der Waals surface area contributed by atoms with Crippen molar-refractivity contribution < 1.29 is 23.4 Å². The number of hydrogen-bond donors (Lipinski definition) is 3. The van der Waals surface area contributed by atoms with Crippen LogP contribution in [0, 0.1) is 0 Å². The second-order valence-corrected chi connectivity index (χ2v) is 5.63. The fourth-order valence-electron chi connectivity index (χ4n) is 1.23. The van der Waals surface area contributed by atoms with Crippen molar-refractivity contribution in [3.8, 4) is 0 Å². The molecule has 0 aliphatic rings. The van der Waals surface area contributed by atoms with Crippen LogP contribution in [0.5, 0.6) is 0 Å². The molecule has 0 fully saturated rings. The number of sulfonamides is 1. The molecule has 3 N–H and O–H groups in total. The summed E-state index contributed by atoms with van der Waals surface area (Å²) < 4.78 is 25.7. The first-order valence-electron chi connectivity index (χ1n) is 4.98. The number of rotatable bonds is 6. The average Bonchev–Trinajstić information content (AvgIpc) is 2.28. The Balaban J connectivity index is 2.93. The van der Waals surface area contributed by atoms with Crippen molar-refractivity contribution in [2.75, 3.05) is 6.61 Å². The van der Waals surface area contributed by atoms with Crippen molar-refractivity contribution in [1.82, 2.24) is 4.72 Å². The van der Waals surface area contributed by atoms with Crippen LogP contribution in [0.15, 0.2) is 29.2 Å². The second kappa shape index (κ2) is 6.14. The molecule has 8 heteroatoms. The molecule has 0 saturated carbocycles. The largest absolute Gasteiger partial charge is 0.480 e. The van der Waals surface area contributed by atoms with Gasteiger partial charge in [-0.2, -0.15) is 4.72 Å². The van der Waals surface area contributed by atoms with Crippen molar-refractivity contribution in [1.29, 1.82) is 0 Å². The summed E-state index contributed by atoms with van der Waals surface area (Å²) >= 11 is 5.63. The molecule has 1 aromatic rings. The summed E-state index contributed by atoms with van der Waals surface area (Å²) in [5.74, 6) is -1.35. The molecular weight excluding hydrogens is 282 g/mol. The normalized spacial score (nSPS) is 13.2. The second-order valence-electron chi connectivity index (χ2n) is 3.48. The molecule has 0 heterocycles. The van der Waals surface area contributed by atoms with Crippen LogP contribution < -0.4 is 4.72 Å². The summed E-state index contributed by atoms with van der Waals surface area (Å²) in [6.45, 7) is -0.430. The number of halogens is 1. The van der Waals surface area contributed by atoms with Gasteiger partial charge in [0.25, 0.3) is 0 Å². The standard InChI is InChI=1S/C10H12ClNO5S/c11-7-1-3-8(4-2-7)18(16,17)12-9(5-6-13)10(14)15/h1-4,9,12-13H,5-6H2,(H,14,15)/t9-/m0/s1. The van der Waals surface area contributed by atoms with Crippen molar-refractivity contribution >= 4 is 27.6 Å². The van der Waals surface area contributed by atoms with E-state index in [1.807, 2.05) is 4.72 Å². The fourth-order valence-corrected chi connectivity index (χ4v) is 2.58. The van der Waals surface area contributed by atoms with Gasteiger partial charge in [-0.3, -0.25) is 4.79 Å². The molecule has 0 unspecified atom stereocenters. The lowest BCUT2D eigenvalue weighted by Crippen LogP contribution is -2.41. The van der Waals surface area contributed by atoms with E-state index < -0.39 is 28.6 Å². The topological polar surface area (TPSA) is 104 Å². The number of carboxylic acid groups (broad SMARTS) is 1. The highest BCUT2D eigenvalue weighted by Gasteiger charge is 2.24. The minimum absolute atomic E-state index is 0.0870. The van der Waals surface area contributed by atoms with Gasteiger partial charge in [-0.1, -0.05) is 11.6 Å². The van der Waals surface area contributed by atoms with Gasteiger partial charge in [0, 0.05) is 11.6 Å². The maximum atomic E-state index is 11.8. The summed E-state index contributed by atoms with van der Waals surface area (Å²) in [6.07, 6.45) is -0.206. The van der Waals surface area contributed by atoms with E-state index in [-0.39, 0.29) is 11.3 Å². The quantitative estimate of drug-likeness (QED) is 0.707. The van der Waals surface area contributed by atoms with Crippen LogP contribution >= 0.6 is 11.6 Å². The first-order chi connectivity index (χ1) is 8.36. The van der Waals surface area contributed by atoms with E-state index in [0.717, 1.165) is 0 Å². The van der Waals surface area contributed by atoms with Gasteiger partial charge in [-0.25, -0.2) is 8.42 Å². The highest BCUT2D eigenvalue weighted by Crippen LogP contribution is 2.14. The first kappa shape index (κ1) is 14.9. The van der Waals surface area contributed by atoms with Crippen LogP contribution in [0.4, 0.5) is 0 Å². The van der Waals surface area contributed by atoms with Crippen molar-refractivity contribution in [2.45, 2.75) is 17.4 Å². The van der Waals surface area contributed by atoms with Crippen molar-refractivity contribution in [3.05, 3.63) is 29.3 Å². The van der Waals surface area contributed by atoms with Gasteiger partial charge >= 0.3 is 5.97 Å². The predicted molar refractivity (Wildman–Crippen MR) is 64.9 cm³/mol. The number of carbonyl (C=O) groups is 1. The lowest BCUT2D eigenvalue weighted by atomic mass is 10.2. The third kappa shape index (κ3) is 3.95. The minimum Gasteiger partial charge on any atom is -0.480 e. The molecule has 0 saturated heterocycles. The first-order valence-corrected chi connectivity index (χ1v) is 6.84. The molecule has 0 bridgehead atoms. The van der Waals surface area contributed by atoms with Gasteiger partial charge in [0.2, 0.25) is 10.0 Å². The molecule has 100 valence electrons. The van der Waals surface area contributed by atoms with Gasteiger partial charge < -0.3 is 10.2 Å². The number of aliphatic carboxylic acids is 1. The van der Waals surface area contributed by atoms with Gasteiger partial charge in [0.05, 0.1) is 4.90 Å². The van der Waals surface area contributed by atoms with E-state index in [1.165, 1.54) is 24.3 Å².